The van der Waals surface area contributed by atoms with Crippen LogP contribution in [-0.2, 0) is 19.6 Å². The molecule has 0 spiro atoms. The van der Waals surface area contributed by atoms with E-state index in [1.807, 2.05) is 13.1 Å². The zero-order valence-corrected chi connectivity index (χ0v) is 14.6. The maximum absolute atomic E-state index is 12.6. The van der Waals surface area contributed by atoms with Gasteiger partial charge in [-0.3, -0.25) is 24.3 Å². The van der Waals surface area contributed by atoms with E-state index in [4.69, 9.17) is 0 Å². The van der Waals surface area contributed by atoms with Crippen LogP contribution in [0.4, 0.5) is 5.69 Å². The summed E-state index contributed by atoms with van der Waals surface area (Å²) in [6.07, 6.45) is 2.93. The summed E-state index contributed by atoms with van der Waals surface area (Å²) in [4.78, 5) is 24.5. The molecular weight excluding hydrogens is 368 g/mol. The number of rotatable bonds is 6. The zero-order chi connectivity index (χ0) is 17.1. The van der Waals surface area contributed by atoms with Gasteiger partial charge in [0.15, 0.2) is 0 Å². The summed E-state index contributed by atoms with van der Waals surface area (Å²) in [6, 6.07) is 0. The van der Waals surface area contributed by atoms with Crippen molar-refractivity contribution in [3.05, 3.63) is 38.4 Å². The molecule has 0 aliphatic carbocycles. The smallest absolute Gasteiger partial charge is 0.320 e. The van der Waals surface area contributed by atoms with Gasteiger partial charge >= 0.3 is 5.69 Å². The normalized spacial score (nSPS) is 10.8. The minimum Gasteiger partial charge on any atom is -0.334 e. The molecule has 0 saturated carbocycles. The fourth-order valence-corrected chi connectivity index (χ4v) is 2.59. The molecule has 0 radical (unpaired) electrons. The first-order chi connectivity index (χ1) is 10.9. The Balaban J connectivity index is 2.27. The van der Waals surface area contributed by atoms with E-state index in [0.717, 1.165) is 10.7 Å². The van der Waals surface area contributed by atoms with E-state index < -0.39 is 10.8 Å². The fraction of sp³-hybridized carbons (Fsp3) is 0.462. The monoisotopic (exact) mass is 384 g/mol. The van der Waals surface area contributed by atoms with Gasteiger partial charge in [0.25, 0.3) is 5.91 Å². The molecule has 0 saturated heterocycles. The Bertz CT molecular complexity index is 738. The van der Waals surface area contributed by atoms with Crippen LogP contribution in [0.3, 0.4) is 0 Å². The predicted octanol–water partition coefficient (Wildman–Crippen LogP) is 2.06. The number of nitro groups is 1. The van der Waals surface area contributed by atoms with Crippen molar-refractivity contribution in [3.63, 3.8) is 0 Å². The van der Waals surface area contributed by atoms with Gasteiger partial charge in [0.2, 0.25) is 5.69 Å². The van der Waals surface area contributed by atoms with Crippen molar-refractivity contribution in [1.29, 1.82) is 0 Å². The first kappa shape index (κ1) is 17.1. The number of aryl methyl sites for hydroxylation is 2. The Labute approximate surface area is 141 Å². The molecule has 23 heavy (non-hydrogen) atoms. The average Bonchev–Trinajstić information content (AvgIpc) is 3.10. The molecule has 10 heteroatoms. The Hall–Kier alpha value is -2.23. The second-order valence-corrected chi connectivity index (χ2v) is 5.75. The lowest BCUT2D eigenvalue weighted by atomic mass is 10.3. The second kappa shape index (κ2) is 6.90. The van der Waals surface area contributed by atoms with Gasteiger partial charge in [0, 0.05) is 26.3 Å². The number of nitrogens with zero attached hydrogens (tertiary/aromatic N) is 6. The van der Waals surface area contributed by atoms with Crippen LogP contribution >= 0.6 is 15.9 Å². The van der Waals surface area contributed by atoms with Crippen molar-refractivity contribution in [2.24, 2.45) is 0 Å². The third kappa shape index (κ3) is 3.41. The molecule has 0 aliphatic rings. The van der Waals surface area contributed by atoms with Gasteiger partial charge in [-0.1, -0.05) is 0 Å². The Kier molecular flexibility index (Phi) is 5.14. The quantitative estimate of drug-likeness (QED) is 0.560. The second-order valence-electron chi connectivity index (χ2n) is 4.89. The number of aromatic nitrogens is 4. The van der Waals surface area contributed by atoms with Gasteiger partial charge < -0.3 is 4.90 Å². The summed E-state index contributed by atoms with van der Waals surface area (Å²) in [5.74, 6) is -0.464. The number of carbonyl (C=O) groups is 1. The largest absolute Gasteiger partial charge is 0.334 e. The van der Waals surface area contributed by atoms with Crippen LogP contribution in [0.15, 0.2) is 16.9 Å². The van der Waals surface area contributed by atoms with Crippen molar-refractivity contribution >= 4 is 27.5 Å². The summed E-state index contributed by atoms with van der Waals surface area (Å²) in [5, 5.41) is 19.3. The van der Waals surface area contributed by atoms with Gasteiger partial charge in [0.05, 0.1) is 21.6 Å². The van der Waals surface area contributed by atoms with Gasteiger partial charge in [-0.2, -0.15) is 10.2 Å². The highest BCUT2D eigenvalue weighted by atomic mass is 79.9. The lowest BCUT2D eigenvalue weighted by Crippen LogP contribution is -2.29. The molecule has 2 rings (SSSR count). The molecule has 2 heterocycles. The van der Waals surface area contributed by atoms with Crippen molar-refractivity contribution in [2.45, 2.75) is 33.5 Å². The lowest BCUT2D eigenvalue weighted by molar-refractivity contribution is -0.385. The number of hydrogen-bond acceptors (Lipinski definition) is 5. The van der Waals surface area contributed by atoms with Crippen LogP contribution in [0.25, 0.3) is 0 Å². The van der Waals surface area contributed by atoms with Gasteiger partial charge in [-0.25, -0.2) is 0 Å². The third-order valence-electron chi connectivity index (χ3n) is 3.36. The topological polar surface area (TPSA) is 99.1 Å². The molecule has 9 nitrogen and oxygen atoms in total. The summed E-state index contributed by atoms with van der Waals surface area (Å²) >= 11 is 3.40. The Morgan fingerprint density at radius 1 is 1.43 bits per heavy atom. The maximum atomic E-state index is 12.6. The highest BCUT2D eigenvalue weighted by Crippen LogP contribution is 2.22. The molecule has 0 unspecified atom stereocenters. The van der Waals surface area contributed by atoms with E-state index in [1.54, 1.807) is 18.7 Å². The molecule has 0 fully saturated rings. The maximum Gasteiger partial charge on any atom is 0.320 e. The molecule has 0 bridgehead atoms. The van der Waals surface area contributed by atoms with Crippen molar-refractivity contribution in [1.82, 2.24) is 24.5 Å². The van der Waals surface area contributed by atoms with Crippen LogP contribution in [0, 0.1) is 10.1 Å². The molecular formula is C13H17BrN6O3. The minimum absolute atomic E-state index is 0.0222. The van der Waals surface area contributed by atoms with Crippen LogP contribution in [-0.4, -0.2) is 42.3 Å². The van der Waals surface area contributed by atoms with E-state index in [-0.39, 0.29) is 17.9 Å². The molecule has 0 aromatic carbocycles. The van der Waals surface area contributed by atoms with Gasteiger partial charge in [-0.15, -0.1) is 0 Å². The Morgan fingerprint density at radius 3 is 2.65 bits per heavy atom. The summed E-state index contributed by atoms with van der Waals surface area (Å²) in [6.45, 7) is 5.05. The van der Waals surface area contributed by atoms with Crippen molar-refractivity contribution < 1.29 is 9.72 Å². The molecule has 2 aromatic heterocycles. The summed E-state index contributed by atoms with van der Waals surface area (Å²) in [5.41, 5.74) is 0.376. The molecule has 0 N–H and O–H groups in total. The molecule has 124 valence electrons. The van der Waals surface area contributed by atoms with Crippen molar-refractivity contribution in [3.8, 4) is 0 Å². The molecule has 2 aromatic rings. The Morgan fingerprint density at radius 2 is 2.13 bits per heavy atom. The van der Waals surface area contributed by atoms with E-state index in [1.165, 1.54) is 9.58 Å². The number of halogens is 1. The molecule has 1 amide bonds. The van der Waals surface area contributed by atoms with Gasteiger partial charge in [-0.05, 0) is 29.8 Å². The summed E-state index contributed by atoms with van der Waals surface area (Å²) in [7, 11) is 1.58. The number of hydrogen-bond donors (Lipinski definition) is 0. The number of carbonyl (C=O) groups excluding carboxylic acids is 1. The zero-order valence-electron chi connectivity index (χ0n) is 13.1. The van der Waals surface area contributed by atoms with Gasteiger partial charge in [0.1, 0.15) is 6.20 Å². The predicted molar refractivity (Wildman–Crippen MR) is 86.0 cm³/mol. The van der Waals surface area contributed by atoms with E-state index in [9.17, 15) is 14.9 Å². The SMILES string of the molecule is CCn1cc(Br)c(CN(C)C(=O)c2c([N+](=O)[O-])cnn2CC)n1. The molecule has 0 aliphatic heterocycles. The summed E-state index contributed by atoms with van der Waals surface area (Å²) < 4.78 is 3.87. The van der Waals surface area contributed by atoms with Crippen LogP contribution in [0.5, 0.6) is 0 Å². The van der Waals surface area contributed by atoms with E-state index >= 15 is 0 Å². The van der Waals surface area contributed by atoms with Crippen LogP contribution < -0.4 is 0 Å². The standard InChI is InChI=1S/C13H17BrN6O3/c1-4-18-7-9(14)10(16-18)8-17(3)13(21)12-11(20(22)23)6-15-19(12)5-2/h6-7H,4-5,8H2,1-3H3. The number of amides is 1. The van der Waals surface area contributed by atoms with E-state index in [0.29, 0.717) is 18.8 Å². The highest BCUT2D eigenvalue weighted by Gasteiger charge is 2.29. The van der Waals surface area contributed by atoms with Crippen LogP contribution in [0.2, 0.25) is 0 Å². The first-order valence-corrected chi connectivity index (χ1v) is 7.85. The third-order valence-corrected chi connectivity index (χ3v) is 4.03. The highest BCUT2D eigenvalue weighted by molar-refractivity contribution is 9.10. The fourth-order valence-electron chi connectivity index (χ4n) is 2.15. The van der Waals surface area contributed by atoms with Crippen molar-refractivity contribution in [2.75, 3.05) is 7.05 Å². The molecule has 0 atom stereocenters. The van der Waals surface area contributed by atoms with Crippen LogP contribution in [0.1, 0.15) is 30.0 Å². The van der Waals surface area contributed by atoms with E-state index in [2.05, 4.69) is 26.1 Å². The first-order valence-electron chi connectivity index (χ1n) is 7.06. The lowest BCUT2D eigenvalue weighted by Gasteiger charge is -2.16. The average molecular weight is 385 g/mol. The minimum atomic E-state index is -0.595.